The van der Waals surface area contributed by atoms with Crippen molar-refractivity contribution in [2.24, 2.45) is 5.92 Å². The van der Waals surface area contributed by atoms with Gasteiger partial charge in [0, 0.05) is 72.0 Å². The van der Waals surface area contributed by atoms with Crippen LogP contribution in [0.2, 0.25) is 5.15 Å². The largest absolute Gasteiger partial charge is 0.486 e. The number of likely N-dealkylation sites (tertiary alicyclic amines) is 1. The Morgan fingerprint density at radius 1 is 1.05 bits per heavy atom. The zero-order chi connectivity index (χ0) is 58.3. The van der Waals surface area contributed by atoms with E-state index < -0.39 is 69.7 Å². The van der Waals surface area contributed by atoms with Crippen LogP contribution in [0.15, 0.2) is 79.1 Å². The summed E-state index contributed by atoms with van der Waals surface area (Å²) in [6, 6.07) is 14.1. The van der Waals surface area contributed by atoms with Gasteiger partial charge < -0.3 is 45.5 Å². The van der Waals surface area contributed by atoms with E-state index in [1.165, 1.54) is 29.8 Å². The summed E-state index contributed by atoms with van der Waals surface area (Å²) in [5.74, 6) is -2.92. The highest BCUT2D eigenvalue weighted by molar-refractivity contribution is 14.1. The minimum Gasteiger partial charge on any atom is -0.486 e. The number of nitrogens with one attached hydrogen (secondary N) is 2. The number of nitrogen functional groups attached to an aromatic ring is 1. The zero-order valence-corrected chi connectivity index (χ0v) is 47.5. The molecule has 0 unspecified atom stereocenters. The van der Waals surface area contributed by atoms with Crippen LogP contribution in [0, 0.1) is 18.7 Å². The Bertz CT molecular complexity index is 3600. The SMILES string of the molecule is CO[C@@H](I)COc1nc(N2C[C@@H]3C[C@H]2CN3)c2cc(C(F)(F)F)c(-c3c(C)c(F)cc(N)c3C=[NH2+])c(OCc3ccc(-c4cn([C@H](C(=O)N5CC(=O)C[C@H]5C(=O)N[C@@H](CO)c5ccc(-c6ccnnc6Cl)cc5)C(C)C)nn4)cc3)c2n1. The lowest BCUT2D eigenvalue weighted by atomic mass is 9.88. The van der Waals surface area contributed by atoms with Gasteiger partial charge in [0.15, 0.2) is 22.9 Å². The lowest BCUT2D eigenvalue weighted by molar-refractivity contribution is -0.143. The molecule has 0 spiro atoms. The van der Waals surface area contributed by atoms with Crippen molar-refractivity contribution in [2.45, 2.75) is 80.7 Å². The number of nitrogens with zero attached hydrogens (tertiary/aromatic N) is 9. The van der Waals surface area contributed by atoms with E-state index in [1.807, 2.05) is 27.5 Å². The van der Waals surface area contributed by atoms with Gasteiger partial charge in [-0.1, -0.05) is 79.2 Å². The van der Waals surface area contributed by atoms with Crippen LogP contribution in [0.25, 0.3) is 44.4 Å². The number of Topliss-reactive ketones (excluding diaryl/α,β-unsaturated/α-hetero) is 1. The number of ether oxygens (including phenoxy) is 3. The number of aromatic nitrogens is 7. The molecular formula is C56H56ClF4IN13O7+. The molecule has 3 saturated heterocycles. The Balaban J connectivity index is 0.937. The van der Waals surface area contributed by atoms with E-state index in [2.05, 4.69) is 31.1 Å². The number of fused-ring (bicyclic) bond motifs is 3. The van der Waals surface area contributed by atoms with E-state index in [-0.39, 0.29) is 100 Å². The molecule has 0 radical (unpaired) electrons. The molecule has 3 aliphatic heterocycles. The third-order valence-electron chi connectivity index (χ3n) is 15.0. The summed E-state index contributed by atoms with van der Waals surface area (Å²) < 4.78 is 82.2. The lowest BCUT2D eigenvalue weighted by Crippen LogP contribution is -2.50. The number of alkyl halides is 4. The van der Waals surface area contributed by atoms with Gasteiger partial charge in [0.05, 0.1) is 42.7 Å². The highest BCUT2D eigenvalue weighted by Gasteiger charge is 2.45. The number of aliphatic hydroxyl groups is 1. The fourth-order valence-corrected chi connectivity index (χ4v) is 11.2. The Kier molecular flexibility index (Phi) is 16.8. The molecule has 10 rings (SSSR count). The molecule has 26 heteroatoms. The number of benzene rings is 4. The van der Waals surface area contributed by atoms with E-state index in [4.69, 9.17) is 46.9 Å². The first kappa shape index (κ1) is 57.8. The molecular weight excluding hydrogens is 1210 g/mol. The van der Waals surface area contributed by atoms with Crippen LogP contribution in [0.5, 0.6) is 11.8 Å². The third-order valence-corrected chi connectivity index (χ3v) is 16.1. The molecule has 7 aromatic rings. The highest BCUT2D eigenvalue weighted by Crippen LogP contribution is 2.51. The minimum atomic E-state index is -5.04. The van der Waals surface area contributed by atoms with E-state index >= 15 is 17.6 Å². The minimum absolute atomic E-state index is 0.00739. The van der Waals surface area contributed by atoms with Gasteiger partial charge in [-0.25, -0.2) is 9.07 Å². The second-order valence-corrected chi connectivity index (χ2v) is 22.3. The lowest BCUT2D eigenvalue weighted by Gasteiger charge is -2.30. The second kappa shape index (κ2) is 23.8. The fourth-order valence-electron chi connectivity index (χ4n) is 10.8. The summed E-state index contributed by atoms with van der Waals surface area (Å²) in [6.45, 7) is 4.82. The molecule has 4 aromatic carbocycles. The molecule has 7 N–H and O–H groups in total. The van der Waals surface area contributed by atoms with Gasteiger partial charge in [0.25, 0.3) is 0 Å². The van der Waals surface area contributed by atoms with Crippen molar-refractivity contribution in [3.8, 4) is 45.3 Å². The summed E-state index contributed by atoms with van der Waals surface area (Å²) >= 11 is 8.26. The number of carbonyl (C=O) groups is 3. The molecule has 3 aliphatic rings. The molecule has 6 atom stereocenters. The van der Waals surface area contributed by atoms with E-state index in [9.17, 15) is 19.5 Å². The first-order valence-electron chi connectivity index (χ1n) is 26.1. The smallest absolute Gasteiger partial charge is 0.417 e. The van der Waals surface area contributed by atoms with Crippen LogP contribution in [-0.4, -0.2) is 131 Å². The average Bonchev–Trinajstić information content (AvgIpc) is 1.86. The van der Waals surface area contributed by atoms with Crippen LogP contribution >= 0.6 is 34.2 Å². The van der Waals surface area contributed by atoms with Crippen molar-refractivity contribution in [3.05, 3.63) is 118 Å². The number of piperazine rings is 1. The predicted molar refractivity (Wildman–Crippen MR) is 303 cm³/mol. The zero-order valence-electron chi connectivity index (χ0n) is 44.6. The summed E-state index contributed by atoms with van der Waals surface area (Å²) in [5, 5.41) is 39.2. The maximum absolute atomic E-state index is 15.8. The molecule has 82 heavy (non-hydrogen) atoms. The molecule has 2 amide bonds. The predicted octanol–water partition coefficient (Wildman–Crippen LogP) is 6.02. The van der Waals surface area contributed by atoms with Crippen LogP contribution < -0.4 is 36.2 Å². The molecule has 428 valence electrons. The molecule has 3 aromatic heterocycles. The summed E-state index contributed by atoms with van der Waals surface area (Å²) in [5.41, 5.74) is 7.18. The number of anilines is 2. The number of rotatable bonds is 19. The standard InChI is InChI=1S/C56H55ClF4IN13O7/c1-27(2)49(54(79)74-22-35(77)16-44(74)53(78)67-43(24-76)32-11-9-30(10-12-32)36-13-14-66-71-51(36)57)75-23-42(70-72-75)31-7-5-29(6-8-31)25-81-50-47(46-28(3)40(58)18-41(64)38(46)19-63)39(56(59,60)61)17-37-48(50)68-55(82-26-45(62)80-4)69-52(37)73-21-33-15-34(73)20-65-33/h5-14,17-19,23,27,33-34,43-45,49,63,65,76H,15-16,20-22,24-26,64H2,1-4H3,(H,67,78)/p+1/t33-,34-,43-,44-,45+,49-/m0/s1. The molecule has 6 heterocycles. The fraction of sp³-hybridized carbons (Fsp3) is 0.357. The molecule has 0 aliphatic carbocycles. The number of hydrogen-bond donors (Lipinski definition) is 5. The van der Waals surface area contributed by atoms with Crippen molar-refractivity contribution in [1.29, 1.82) is 0 Å². The topological polar surface area (TPSA) is 264 Å². The normalized spacial score (nSPS) is 18.1. The summed E-state index contributed by atoms with van der Waals surface area (Å²) in [7, 11) is 1.50. The van der Waals surface area contributed by atoms with E-state index in [0.717, 1.165) is 30.3 Å². The number of nitrogens with two attached hydrogens (primary N) is 2. The van der Waals surface area contributed by atoms with Gasteiger partial charge in [-0.15, -0.1) is 10.2 Å². The number of carbonyl (C=O) groups excluding carboxylic acids is 3. The molecule has 3 fully saturated rings. The first-order chi connectivity index (χ1) is 39.3. The maximum Gasteiger partial charge on any atom is 0.417 e. The number of ketones is 1. The van der Waals surface area contributed by atoms with Gasteiger partial charge in [-0.05, 0) is 82.3 Å². The Morgan fingerprint density at radius 2 is 1.79 bits per heavy atom. The van der Waals surface area contributed by atoms with Gasteiger partial charge in [-0.2, -0.15) is 28.2 Å². The number of hydrogen-bond acceptors (Lipinski definition) is 16. The van der Waals surface area contributed by atoms with Crippen LogP contribution in [0.3, 0.4) is 0 Å². The van der Waals surface area contributed by atoms with Crippen LogP contribution in [0.1, 0.15) is 66.6 Å². The third kappa shape index (κ3) is 11.5. The number of aliphatic hydroxyl groups excluding tert-OH is 1. The molecule has 2 bridgehead atoms. The van der Waals surface area contributed by atoms with E-state index in [1.54, 1.807) is 74.6 Å². The quantitative estimate of drug-likeness (QED) is 0.0204. The van der Waals surface area contributed by atoms with Gasteiger partial charge in [-0.3, -0.25) is 19.8 Å². The van der Waals surface area contributed by atoms with Gasteiger partial charge in [0.1, 0.15) is 52.3 Å². The second-order valence-electron chi connectivity index (χ2n) is 20.6. The van der Waals surface area contributed by atoms with Crippen molar-refractivity contribution < 1.29 is 56.7 Å². The molecule has 20 nitrogen and oxygen atoms in total. The Hall–Kier alpha value is -7.46. The van der Waals surface area contributed by atoms with Crippen LogP contribution in [0.4, 0.5) is 29.1 Å². The summed E-state index contributed by atoms with van der Waals surface area (Å²) in [4.78, 5) is 54.0. The van der Waals surface area contributed by atoms with Crippen molar-refractivity contribution in [1.82, 2.24) is 50.7 Å². The van der Waals surface area contributed by atoms with Gasteiger partial charge in [0.2, 0.25) is 11.8 Å². The number of halogens is 6. The highest BCUT2D eigenvalue weighted by atomic mass is 127. The van der Waals surface area contributed by atoms with Crippen molar-refractivity contribution >= 4 is 80.4 Å². The van der Waals surface area contributed by atoms with Crippen molar-refractivity contribution in [3.63, 3.8) is 0 Å². The van der Waals surface area contributed by atoms with Crippen molar-refractivity contribution in [2.75, 3.05) is 50.6 Å². The Morgan fingerprint density at radius 3 is 2.44 bits per heavy atom. The monoisotopic (exact) mass is 1260 g/mol. The van der Waals surface area contributed by atoms with Crippen LogP contribution in [-0.2, 0) is 31.9 Å². The average molecular weight is 1260 g/mol. The van der Waals surface area contributed by atoms with Gasteiger partial charge >= 0.3 is 12.2 Å². The first-order valence-corrected chi connectivity index (χ1v) is 27.7. The summed E-state index contributed by atoms with van der Waals surface area (Å²) in [6.07, 6.45) is -0.438. The molecule has 0 saturated carbocycles. The number of amides is 2. The maximum atomic E-state index is 15.8. The van der Waals surface area contributed by atoms with E-state index in [0.29, 0.717) is 41.0 Å². The number of methoxy groups -OCH3 is 1. The Labute approximate surface area is 485 Å².